The number of fused-ring (bicyclic) bond motifs is 1. The Bertz CT molecular complexity index is 1360. The Morgan fingerprint density at radius 3 is 2.13 bits per heavy atom. The number of halogens is 1. The number of rotatable bonds is 13. The number of ketones is 3. The van der Waals surface area contributed by atoms with Crippen molar-refractivity contribution in [1.29, 1.82) is 0 Å². The molecule has 2 saturated carbocycles. The fourth-order valence-corrected chi connectivity index (χ4v) is 7.07. The summed E-state index contributed by atoms with van der Waals surface area (Å²) in [6.07, 6.45) is 2.19. The van der Waals surface area contributed by atoms with Crippen molar-refractivity contribution in [2.75, 3.05) is 6.54 Å². The molecule has 1 heterocycles. The molecule has 1 aliphatic heterocycles. The summed E-state index contributed by atoms with van der Waals surface area (Å²) in [7, 11) is 0. The van der Waals surface area contributed by atoms with Crippen molar-refractivity contribution in [2.24, 2.45) is 46.2 Å². The molecule has 1 aromatic rings. The molecule has 0 spiro atoms. The number of hydrogen-bond donors (Lipinski definition) is 3. The quantitative estimate of drug-likeness (QED) is 0.217. The van der Waals surface area contributed by atoms with E-state index in [4.69, 9.17) is 17.3 Å². The smallest absolute Gasteiger partial charge is 0.316 e. The normalized spacial score (nSPS) is 23.8. The minimum Gasteiger partial charge on any atom is -0.363 e. The molecule has 0 bridgehead atoms. The Hall–Kier alpha value is -3.27. The maximum atomic E-state index is 14.3. The van der Waals surface area contributed by atoms with E-state index < -0.39 is 53.1 Å². The van der Waals surface area contributed by atoms with E-state index >= 15 is 0 Å². The van der Waals surface area contributed by atoms with Gasteiger partial charge in [0.2, 0.25) is 11.7 Å². The lowest BCUT2D eigenvalue weighted by atomic mass is 9.84. The summed E-state index contributed by atoms with van der Waals surface area (Å²) in [5.41, 5.74) is 4.82. The van der Waals surface area contributed by atoms with Crippen LogP contribution in [0.3, 0.4) is 0 Å². The molecule has 3 aliphatic rings. The van der Waals surface area contributed by atoms with Crippen molar-refractivity contribution in [3.05, 3.63) is 34.9 Å². The fourth-order valence-electron chi connectivity index (χ4n) is 6.94. The Balaban J connectivity index is 1.53. The third-order valence-corrected chi connectivity index (χ3v) is 10.2. The number of carbonyl (C=O) groups is 6. The van der Waals surface area contributed by atoms with Gasteiger partial charge in [-0.2, -0.15) is 0 Å². The van der Waals surface area contributed by atoms with E-state index in [0.29, 0.717) is 29.5 Å². The van der Waals surface area contributed by atoms with Crippen LogP contribution in [-0.2, 0) is 19.2 Å². The highest BCUT2D eigenvalue weighted by Gasteiger charge is 2.69. The van der Waals surface area contributed by atoms with Crippen LogP contribution in [-0.4, -0.2) is 64.8 Å². The molecule has 10 nitrogen and oxygen atoms in total. The number of Topliss-reactive ketones (excluding diaryl/α,β-unsaturated/α-hetero) is 3. The van der Waals surface area contributed by atoms with Crippen molar-refractivity contribution < 1.29 is 28.8 Å². The number of amides is 4. The SMILES string of the molecule is CC(C)[C@H](NC(=O)N[C@H](C(=O)N1C[C@H]2[C@@H]([C@H]1C(=O)CC(CC1CC1)C(=O)C(N)=O)C2(C)C)C(C)(C)C)C(=O)c1ccc(Cl)cc1. The zero-order chi connectivity index (χ0) is 33.6. The number of piperidine rings is 1. The molecule has 4 amide bonds. The molecule has 3 fully saturated rings. The average Bonchev–Trinajstić information content (AvgIpc) is 3.80. The van der Waals surface area contributed by atoms with E-state index in [1.807, 2.05) is 34.6 Å². The van der Waals surface area contributed by atoms with Gasteiger partial charge in [0.25, 0.3) is 5.91 Å². The molecule has 1 aromatic carbocycles. The van der Waals surface area contributed by atoms with Crippen LogP contribution in [0.4, 0.5) is 4.79 Å². The zero-order valence-electron chi connectivity index (χ0n) is 27.3. The van der Waals surface area contributed by atoms with Gasteiger partial charge in [0.05, 0.1) is 12.1 Å². The van der Waals surface area contributed by atoms with E-state index in [9.17, 15) is 28.8 Å². The molecule has 0 aromatic heterocycles. The second-order valence-electron chi connectivity index (χ2n) is 15.2. The third kappa shape index (κ3) is 7.59. The first kappa shape index (κ1) is 34.6. The van der Waals surface area contributed by atoms with Gasteiger partial charge in [0.1, 0.15) is 6.04 Å². The van der Waals surface area contributed by atoms with Gasteiger partial charge in [-0.25, -0.2) is 4.79 Å². The van der Waals surface area contributed by atoms with Gasteiger partial charge in [0.15, 0.2) is 11.6 Å². The molecule has 4 rings (SSSR count). The number of hydrogen-bond acceptors (Lipinski definition) is 6. The summed E-state index contributed by atoms with van der Waals surface area (Å²) in [6, 6.07) is 3.10. The molecule has 246 valence electrons. The molecule has 6 atom stereocenters. The first-order valence-corrected chi connectivity index (χ1v) is 16.3. The van der Waals surface area contributed by atoms with Crippen molar-refractivity contribution in [1.82, 2.24) is 15.5 Å². The molecular formula is C34H47ClN4O6. The Labute approximate surface area is 270 Å². The molecule has 2 aliphatic carbocycles. The number of benzene rings is 1. The number of carbonyl (C=O) groups excluding carboxylic acids is 6. The van der Waals surface area contributed by atoms with Gasteiger partial charge < -0.3 is 21.3 Å². The van der Waals surface area contributed by atoms with E-state index in [2.05, 4.69) is 24.5 Å². The van der Waals surface area contributed by atoms with Gasteiger partial charge in [-0.15, -0.1) is 0 Å². The highest BCUT2D eigenvalue weighted by molar-refractivity contribution is 6.36. The van der Waals surface area contributed by atoms with Crippen molar-refractivity contribution in [3.63, 3.8) is 0 Å². The van der Waals surface area contributed by atoms with E-state index in [0.717, 1.165) is 12.8 Å². The largest absolute Gasteiger partial charge is 0.363 e. The second kappa shape index (κ2) is 12.9. The summed E-state index contributed by atoms with van der Waals surface area (Å²) in [6.45, 7) is 13.6. The van der Waals surface area contributed by atoms with Crippen LogP contribution in [0.2, 0.25) is 5.02 Å². The Morgan fingerprint density at radius 2 is 1.62 bits per heavy atom. The first-order chi connectivity index (χ1) is 20.8. The lowest BCUT2D eigenvalue weighted by molar-refractivity contribution is -0.144. The van der Waals surface area contributed by atoms with E-state index in [1.54, 1.807) is 29.2 Å². The maximum absolute atomic E-state index is 14.3. The number of nitrogens with two attached hydrogens (primary N) is 1. The van der Waals surface area contributed by atoms with Crippen molar-refractivity contribution in [3.8, 4) is 0 Å². The van der Waals surface area contributed by atoms with Crippen LogP contribution >= 0.6 is 11.6 Å². The van der Waals surface area contributed by atoms with E-state index in [-0.39, 0.29) is 41.2 Å². The molecule has 1 unspecified atom stereocenters. The summed E-state index contributed by atoms with van der Waals surface area (Å²) in [5.74, 6) is -3.46. The molecule has 45 heavy (non-hydrogen) atoms. The standard InChI is InChI=1S/C34H47ClN4O6/c1-17(2)25(27(41)19-10-12-21(35)13-11-19)37-32(45)38-29(33(3,4)5)31(44)39-16-22-24(34(22,6)7)26(39)23(40)15-20(14-18-8-9-18)28(42)30(36)43/h10-13,17-18,20,22,24-26,29H,8-9,14-16H2,1-7H3,(H2,36,43)(H2,37,38,45)/t20?,22-,24-,25-,26+,29+/m0/s1. The van der Waals surface area contributed by atoms with Crippen molar-refractivity contribution >= 4 is 46.8 Å². The highest BCUT2D eigenvalue weighted by atomic mass is 35.5. The lowest BCUT2D eigenvalue weighted by Crippen LogP contribution is -2.61. The van der Waals surface area contributed by atoms with Gasteiger partial charge >= 0.3 is 6.03 Å². The van der Waals surface area contributed by atoms with E-state index in [1.165, 1.54) is 0 Å². The average molecular weight is 643 g/mol. The second-order valence-corrected chi connectivity index (χ2v) is 15.6. The van der Waals surface area contributed by atoms with Crippen molar-refractivity contribution in [2.45, 2.75) is 92.3 Å². The fraction of sp³-hybridized carbons (Fsp3) is 0.647. The monoisotopic (exact) mass is 642 g/mol. The first-order valence-electron chi connectivity index (χ1n) is 15.9. The Morgan fingerprint density at radius 1 is 1.02 bits per heavy atom. The van der Waals surface area contributed by atoms with Crippen LogP contribution in [0, 0.1) is 40.4 Å². The molecule has 4 N–H and O–H groups in total. The van der Waals surface area contributed by atoms with Crippen LogP contribution in [0.15, 0.2) is 24.3 Å². The minimum atomic E-state index is -1.05. The predicted molar refractivity (Wildman–Crippen MR) is 170 cm³/mol. The minimum absolute atomic E-state index is 0.0871. The number of nitrogens with one attached hydrogen (secondary N) is 2. The van der Waals surface area contributed by atoms with Gasteiger partial charge in [0, 0.05) is 29.5 Å². The van der Waals surface area contributed by atoms with Gasteiger partial charge in [-0.1, -0.05) is 72.9 Å². The number of likely N-dealkylation sites (tertiary alicyclic amines) is 1. The Kier molecular flexibility index (Phi) is 9.88. The predicted octanol–water partition coefficient (Wildman–Crippen LogP) is 4.17. The molecule has 1 saturated heterocycles. The van der Waals surface area contributed by atoms with Crippen LogP contribution in [0.5, 0.6) is 0 Å². The third-order valence-electron chi connectivity index (χ3n) is 9.95. The van der Waals surface area contributed by atoms with Gasteiger partial charge in [-0.3, -0.25) is 24.0 Å². The van der Waals surface area contributed by atoms with Gasteiger partial charge in [-0.05, 0) is 65.2 Å². The molecular weight excluding hydrogens is 596 g/mol. The summed E-state index contributed by atoms with van der Waals surface area (Å²) >= 11 is 5.97. The summed E-state index contributed by atoms with van der Waals surface area (Å²) in [4.78, 5) is 80.8. The molecule has 0 radical (unpaired) electrons. The summed E-state index contributed by atoms with van der Waals surface area (Å²) in [5, 5.41) is 6.06. The molecule has 11 heteroatoms. The lowest BCUT2D eigenvalue weighted by Gasteiger charge is -2.38. The number of urea groups is 1. The number of primary amides is 1. The maximum Gasteiger partial charge on any atom is 0.316 e. The zero-order valence-corrected chi connectivity index (χ0v) is 28.1. The van der Waals surface area contributed by atoms with Crippen LogP contribution in [0.1, 0.15) is 84.5 Å². The van der Waals surface area contributed by atoms with Crippen LogP contribution in [0.25, 0.3) is 0 Å². The topological polar surface area (TPSA) is 156 Å². The van der Waals surface area contributed by atoms with Crippen LogP contribution < -0.4 is 16.4 Å². The number of nitrogens with zero attached hydrogens (tertiary/aromatic N) is 1. The summed E-state index contributed by atoms with van der Waals surface area (Å²) < 4.78 is 0. The highest BCUT2D eigenvalue weighted by Crippen LogP contribution is 2.65.